The Balaban J connectivity index is 1.78. The molecule has 2 nitrogen and oxygen atoms in total. The van der Waals surface area contributed by atoms with E-state index in [1.807, 2.05) is 6.07 Å². The van der Waals surface area contributed by atoms with Crippen LogP contribution in [0.2, 0.25) is 0 Å². The Morgan fingerprint density at radius 3 is 2.75 bits per heavy atom. The largest absolute Gasteiger partial charge is 0.298 e. The number of ketones is 1. The molecule has 2 atom stereocenters. The van der Waals surface area contributed by atoms with Crippen LogP contribution >= 0.6 is 0 Å². The summed E-state index contributed by atoms with van der Waals surface area (Å²) in [5, 5.41) is 0. The summed E-state index contributed by atoms with van der Waals surface area (Å²) in [6.07, 6.45) is 4.17. The molecule has 0 saturated carbocycles. The molecule has 0 radical (unpaired) electrons. The van der Waals surface area contributed by atoms with E-state index in [4.69, 9.17) is 0 Å². The van der Waals surface area contributed by atoms with Crippen LogP contribution in [0.1, 0.15) is 31.2 Å². The quantitative estimate of drug-likeness (QED) is 0.755. The second-order valence-electron chi connectivity index (χ2n) is 4.91. The van der Waals surface area contributed by atoms with Gasteiger partial charge in [0.1, 0.15) is 5.78 Å². The molecule has 0 aliphatic carbocycles. The molecule has 0 unspecified atom stereocenters. The molecule has 2 fully saturated rings. The van der Waals surface area contributed by atoms with E-state index in [1.165, 1.54) is 12.0 Å². The van der Waals surface area contributed by atoms with Gasteiger partial charge < -0.3 is 0 Å². The van der Waals surface area contributed by atoms with Crippen molar-refractivity contribution in [2.45, 2.75) is 44.3 Å². The van der Waals surface area contributed by atoms with Crippen LogP contribution < -0.4 is 0 Å². The Hall–Kier alpha value is -1.15. The van der Waals surface area contributed by atoms with Gasteiger partial charge in [-0.05, 0) is 24.8 Å². The van der Waals surface area contributed by atoms with Crippen LogP contribution in [0.4, 0.5) is 0 Å². The Morgan fingerprint density at radius 1 is 1.12 bits per heavy atom. The van der Waals surface area contributed by atoms with Gasteiger partial charge in [0.25, 0.3) is 0 Å². The second-order valence-corrected chi connectivity index (χ2v) is 4.91. The summed E-state index contributed by atoms with van der Waals surface area (Å²) in [6.45, 7) is 0.946. The van der Waals surface area contributed by atoms with Crippen LogP contribution in [-0.4, -0.2) is 22.8 Å². The number of rotatable bonds is 2. The lowest BCUT2D eigenvalue weighted by molar-refractivity contribution is -0.126. The lowest BCUT2D eigenvalue weighted by atomic mass is 10.0. The molecule has 2 aliphatic rings. The van der Waals surface area contributed by atoms with Gasteiger partial charge in [-0.3, -0.25) is 9.69 Å². The normalized spacial score (nSPS) is 29.6. The molecule has 0 spiro atoms. The summed E-state index contributed by atoms with van der Waals surface area (Å²) in [5.41, 5.74) is 1.33. The number of hydrogen-bond acceptors (Lipinski definition) is 2. The zero-order chi connectivity index (χ0) is 11.0. The lowest BCUT2D eigenvalue weighted by Gasteiger charge is -2.33. The van der Waals surface area contributed by atoms with Crippen LogP contribution in [-0.2, 0) is 11.3 Å². The van der Waals surface area contributed by atoms with Crippen molar-refractivity contribution < 1.29 is 4.79 Å². The van der Waals surface area contributed by atoms with Crippen LogP contribution in [0.3, 0.4) is 0 Å². The molecule has 1 aromatic rings. The van der Waals surface area contributed by atoms with E-state index in [2.05, 4.69) is 29.2 Å². The average molecular weight is 215 g/mol. The highest BCUT2D eigenvalue weighted by Gasteiger charge is 2.41. The molecule has 3 rings (SSSR count). The molecule has 1 aromatic carbocycles. The molecule has 2 bridgehead atoms. The van der Waals surface area contributed by atoms with Crippen molar-refractivity contribution in [3.63, 3.8) is 0 Å². The average Bonchev–Trinajstić information content (AvgIpc) is 2.60. The van der Waals surface area contributed by atoms with E-state index in [0.29, 0.717) is 11.8 Å². The maximum atomic E-state index is 11.8. The third-order valence-corrected chi connectivity index (χ3v) is 3.95. The lowest BCUT2D eigenvalue weighted by Crippen LogP contribution is -2.44. The van der Waals surface area contributed by atoms with Gasteiger partial charge in [0.2, 0.25) is 0 Å². The van der Waals surface area contributed by atoms with Gasteiger partial charge in [-0.1, -0.05) is 30.3 Å². The smallest absolute Gasteiger partial charge is 0.150 e. The SMILES string of the molecule is O=C1CC[C@H]2CC[C@@H]1N2Cc1ccccc1. The minimum absolute atomic E-state index is 0.221. The Bertz CT molecular complexity index is 387. The number of nitrogens with zero attached hydrogens (tertiary/aromatic N) is 1. The van der Waals surface area contributed by atoms with Crippen molar-refractivity contribution >= 4 is 5.78 Å². The third-order valence-electron chi connectivity index (χ3n) is 3.95. The number of hydrogen-bond donors (Lipinski definition) is 0. The molecule has 0 N–H and O–H groups in total. The number of carbonyl (C=O) groups is 1. The molecule has 2 aliphatic heterocycles. The van der Waals surface area contributed by atoms with E-state index in [-0.39, 0.29) is 6.04 Å². The standard InChI is InChI=1S/C14H17NO/c16-14-9-7-12-6-8-13(14)15(12)10-11-4-2-1-3-5-11/h1-5,12-13H,6-10H2/t12-,13+/m1/s1. The van der Waals surface area contributed by atoms with Gasteiger partial charge in [-0.25, -0.2) is 0 Å². The van der Waals surface area contributed by atoms with Gasteiger partial charge in [-0.2, -0.15) is 0 Å². The maximum Gasteiger partial charge on any atom is 0.150 e. The van der Waals surface area contributed by atoms with E-state index in [9.17, 15) is 4.79 Å². The minimum atomic E-state index is 0.221. The van der Waals surface area contributed by atoms with E-state index in [0.717, 1.165) is 25.8 Å². The summed E-state index contributed by atoms with van der Waals surface area (Å²) >= 11 is 0. The van der Waals surface area contributed by atoms with E-state index >= 15 is 0 Å². The zero-order valence-electron chi connectivity index (χ0n) is 9.43. The highest BCUT2D eigenvalue weighted by molar-refractivity contribution is 5.85. The van der Waals surface area contributed by atoms with Gasteiger partial charge >= 0.3 is 0 Å². The highest BCUT2D eigenvalue weighted by Crippen LogP contribution is 2.34. The van der Waals surface area contributed by atoms with Gasteiger partial charge in [0.05, 0.1) is 6.04 Å². The maximum absolute atomic E-state index is 11.8. The summed E-state index contributed by atoms with van der Waals surface area (Å²) in [5.74, 6) is 0.463. The molecular formula is C14H17NO. The molecule has 2 saturated heterocycles. The second kappa shape index (κ2) is 4.02. The molecule has 84 valence electrons. The predicted molar refractivity (Wildman–Crippen MR) is 63.0 cm³/mol. The third kappa shape index (κ3) is 1.67. The molecular weight excluding hydrogens is 198 g/mol. The summed E-state index contributed by atoms with van der Waals surface area (Å²) in [7, 11) is 0. The number of fused-ring (bicyclic) bond motifs is 2. The molecule has 2 heterocycles. The fourth-order valence-electron chi connectivity index (χ4n) is 3.10. The molecule has 0 aromatic heterocycles. The summed E-state index contributed by atoms with van der Waals surface area (Å²) in [6, 6.07) is 11.4. The van der Waals surface area contributed by atoms with Crippen LogP contribution in [0.5, 0.6) is 0 Å². The predicted octanol–water partition coefficient (Wildman–Crippen LogP) is 2.38. The first-order valence-corrected chi connectivity index (χ1v) is 6.17. The highest BCUT2D eigenvalue weighted by atomic mass is 16.1. The number of piperidine rings is 1. The van der Waals surface area contributed by atoms with Gasteiger partial charge in [0.15, 0.2) is 0 Å². The van der Waals surface area contributed by atoms with Gasteiger partial charge in [-0.15, -0.1) is 0 Å². The topological polar surface area (TPSA) is 20.3 Å². The molecule has 16 heavy (non-hydrogen) atoms. The molecule has 0 amide bonds. The first kappa shape index (κ1) is 10.0. The van der Waals surface area contributed by atoms with E-state index in [1.54, 1.807) is 0 Å². The zero-order valence-corrected chi connectivity index (χ0v) is 9.43. The number of carbonyl (C=O) groups excluding carboxylic acids is 1. The Kier molecular flexibility index (Phi) is 2.52. The van der Waals surface area contributed by atoms with E-state index < -0.39 is 0 Å². The van der Waals surface area contributed by atoms with Crippen molar-refractivity contribution in [3.8, 4) is 0 Å². The molecule has 2 heteroatoms. The monoisotopic (exact) mass is 215 g/mol. The van der Waals surface area contributed by atoms with Crippen molar-refractivity contribution in [3.05, 3.63) is 35.9 Å². The first-order chi connectivity index (χ1) is 7.84. The van der Waals surface area contributed by atoms with Crippen molar-refractivity contribution in [2.75, 3.05) is 0 Å². The fraction of sp³-hybridized carbons (Fsp3) is 0.500. The van der Waals surface area contributed by atoms with Crippen molar-refractivity contribution in [1.29, 1.82) is 0 Å². The first-order valence-electron chi connectivity index (χ1n) is 6.17. The minimum Gasteiger partial charge on any atom is -0.298 e. The van der Waals surface area contributed by atoms with Crippen molar-refractivity contribution in [1.82, 2.24) is 4.90 Å². The number of Topliss-reactive ketones (excluding diaryl/α,β-unsaturated/α-hetero) is 1. The Labute approximate surface area is 96.3 Å². The summed E-state index contributed by atoms with van der Waals surface area (Å²) in [4.78, 5) is 14.2. The number of benzene rings is 1. The fourth-order valence-corrected chi connectivity index (χ4v) is 3.10. The van der Waals surface area contributed by atoms with Crippen LogP contribution in [0.15, 0.2) is 30.3 Å². The van der Waals surface area contributed by atoms with Crippen LogP contribution in [0.25, 0.3) is 0 Å². The van der Waals surface area contributed by atoms with Crippen LogP contribution in [0, 0.1) is 0 Å². The van der Waals surface area contributed by atoms with Crippen molar-refractivity contribution in [2.24, 2.45) is 0 Å². The Morgan fingerprint density at radius 2 is 1.94 bits per heavy atom. The van der Waals surface area contributed by atoms with Gasteiger partial charge in [0, 0.05) is 19.0 Å². The summed E-state index contributed by atoms with van der Waals surface area (Å²) < 4.78 is 0.